The molecule has 0 saturated carbocycles. The zero-order valence-corrected chi connectivity index (χ0v) is 10.2. The van der Waals surface area contributed by atoms with Gasteiger partial charge in [0, 0.05) is 25.6 Å². The predicted octanol–water partition coefficient (Wildman–Crippen LogP) is 2.95. The fourth-order valence-electron chi connectivity index (χ4n) is 1.04. The van der Waals surface area contributed by atoms with Crippen molar-refractivity contribution in [2.75, 3.05) is 24.3 Å². The summed E-state index contributed by atoms with van der Waals surface area (Å²) in [7, 11) is 3.98. The maximum absolute atomic E-state index is 4.32. The van der Waals surface area contributed by atoms with E-state index in [0.717, 1.165) is 23.1 Å². The number of pyridine rings is 1. The van der Waals surface area contributed by atoms with Gasteiger partial charge in [-0.3, -0.25) is 0 Å². The second-order valence-electron chi connectivity index (χ2n) is 3.22. The summed E-state index contributed by atoms with van der Waals surface area (Å²) < 4.78 is 0. The van der Waals surface area contributed by atoms with Crippen molar-refractivity contribution < 1.29 is 0 Å². The maximum atomic E-state index is 4.32. The molecule has 0 amide bonds. The van der Waals surface area contributed by atoms with Crippen molar-refractivity contribution in [3.63, 3.8) is 0 Å². The number of aromatic nitrogens is 1. The highest BCUT2D eigenvalue weighted by atomic mass is 79.9. The third kappa shape index (κ3) is 3.50. The summed E-state index contributed by atoms with van der Waals surface area (Å²) in [6, 6.07) is 4.10. The zero-order valence-electron chi connectivity index (χ0n) is 8.57. The lowest BCUT2D eigenvalue weighted by Crippen LogP contribution is -2.09. The van der Waals surface area contributed by atoms with Crippen molar-refractivity contribution in [1.82, 2.24) is 4.98 Å². The first-order chi connectivity index (χ1) is 6.74. The molecule has 0 atom stereocenters. The molecule has 0 fully saturated rings. The molecule has 0 saturated heterocycles. The van der Waals surface area contributed by atoms with E-state index in [2.05, 4.69) is 39.1 Å². The van der Waals surface area contributed by atoms with E-state index in [1.807, 2.05) is 31.3 Å². The number of rotatable bonds is 4. The summed E-state index contributed by atoms with van der Waals surface area (Å²) in [6.45, 7) is 0. The summed E-state index contributed by atoms with van der Waals surface area (Å²) >= 11 is 3.38. The van der Waals surface area contributed by atoms with E-state index in [4.69, 9.17) is 0 Å². The van der Waals surface area contributed by atoms with Gasteiger partial charge in [-0.05, 0) is 24.1 Å². The van der Waals surface area contributed by atoms with E-state index in [1.165, 1.54) is 0 Å². The molecule has 0 aliphatic heterocycles. The topological polar surface area (TPSA) is 16.1 Å². The quantitative estimate of drug-likeness (QED) is 0.769. The Hall–Kier alpha value is -0.830. The van der Waals surface area contributed by atoms with E-state index < -0.39 is 0 Å². The number of alkyl halides is 1. The number of halogens is 1. The van der Waals surface area contributed by atoms with Crippen LogP contribution < -0.4 is 4.90 Å². The van der Waals surface area contributed by atoms with Gasteiger partial charge in [0.15, 0.2) is 0 Å². The predicted molar refractivity (Wildman–Crippen MR) is 66.0 cm³/mol. The number of allylic oxidation sites excluding steroid dienone is 1. The largest absolute Gasteiger partial charge is 0.363 e. The molecule has 0 spiro atoms. The van der Waals surface area contributed by atoms with E-state index in [0.29, 0.717) is 0 Å². The number of anilines is 1. The van der Waals surface area contributed by atoms with E-state index in [9.17, 15) is 0 Å². The van der Waals surface area contributed by atoms with Gasteiger partial charge < -0.3 is 4.90 Å². The first-order valence-electron chi connectivity index (χ1n) is 4.60. The van der Waals surface area contributed by atoms with Gasteiger partial charge in [-0.2, -0.15) is 0 Å². The summed E-state index contributed by atoms with van der Waals surface area (Å²) in [5, 5.41) is 1.01. The molecule has 3 heteroatoms. The second-order valence-corrected chi connectivity index (χ2v) is 4.02. The van der Waals surface area contributed by atoms with Gasteiger partial charge in [0.05, 0.1) is 0 Å². The molecule has 1 aromatic rings. The molecule has 0 aromatic carbocycles. The Balaban J connectivity index is 2.64. The summed E-state index contributed by atoms with van der Waals surface area (Å²) in [5.74, 6) is 0.989. The van der Waals surface area contributed by atoms with Crippen LogP contribution in [-0.2, 0) is 0 Å². The lowest BCUT2D eigenvalue weighted by Gasteiger charge is -2.10. The minimum absolute atomic E-state index is 0.989. The van der Waals surface area contributed by atoms with Crippen LogP contribution in [0.15, 0.2) is 24.4 Å². The van der Waals surface area contributed by atoms with Crippen molar-refractivity contribution in [2.24, 2.45) is 0 Å². The van der Waals surface area contributed by atoms with Crippen LogP contribution in [0.5, 0.6) is 0 Å². The van der Waals surface area contributed by atoms with Gasteiger partial charge in [-0.15, -0.1) is 0 Å². The monoisotopic (exact) mass is 254 g/mol. The van der Waals surface area contributed by atoms with Crippen LogP contribution in [0.4, 0.5) is 5.82 Å². The summed E-state index contributed by atoms with van der Waals surface area (Å²) in [6.07, 6.45) is 7.17. The van der Waals surface area contributed by atoms with E-state index >= 15 is 0 Å². The third-order valence-corrected chi connectivity index (χ3v) is 2.27. The van der Waals surface area contributed by atoms with Gasteiger partial charge in [0.2, 0.25) is 0 Å². The Morgan fingerprint density at radius 1 is 1.43 bits per heavy atom. The minimum atomic E-state index is 0.989. The summed E-state index contributed by atoms with van der Waals surface area (Å²) in [5.41, 5.74) is 1.15. The number of hydrogen-bond acceptors (Lipinski definition) is 2. The van der Waals surface area contributed by atoms with Crippen molar-refractivity contribution in [2.45, 2.75) is 6.42 Å². The standard InChI is InChI=1S/C11H15BrN2/c1-14(2)11-7-6-10(9-13-11)5-3-4-8-12/h3,5-7,9H,4,8H2,1-2H3. The fraction of sp³-hybridized carbons (Fsp3) is 0.364. The van der Waals surface area contributed by atoms with Crippen LogP contribution in [0.2, 0.25) is 0 Å². The Kier molecular flexibility index (Phi) is 4.66. The van der Waals surface area contributed by atoms with Gasteiger partial charge in [0.1, 0.15) is 5.82 Å². The lowest BCUT2D eigenvalue weighted by atomic mass is 10.2. The minimum Gasteiger partial charge on any atom is -0.363 e. The van der Waals surface area contributed by atoms with Crippen LogP contribution in [0.25, 0.3) is 6.08 Å². The highest BCUT2D eigenvalue weighted by Gasteiger charge is 1.94. The molecule has 0 unspecified atom stereocenters. The zero-order chi connectivity index (χ0) is 10.4. The molecule has 0 bridgehead atoms. The Morgan fingerprint density at radius 2 is 2.21 bits per heavy atom. The van der Waals surface area contributed by atoms with Crippen molar-refractivity contribution in [3.8, 4) is 0 Å². The number of hydrogen-bond donors (Lipinski definition) is 0. The SMILES string of the molecule is CN(C)c1ccc(C=CCCBr)cn1. The molecule has 2 nitrogen and oxygen atoms in total. The second kappa shape index (κ2) is 5.81. The molecule has 0 aliphatic rings. The average Bonchev–Trinajstić information content (AvgIpc) is 2.19. The first kappa shape index (κ1) is 11.2. The van der Waals surface area contributed by atoms with Crippen molar-refractivity contribution >= 4 is 27.8 Å². The Morgan fingerprint density at radius 3 is 2.71 bits per heavy atom. The van der Waals surface area contributed by atoms with E-state index in [1.54, 1.807) is 0 Å². The third-order valence-electron chi connectivity index (χ3n) is 1.82. The molecule has 76 valence electrons. The van der Waals surface area contributed by atoms with Gasteiger partial charge in [-0.1, -0.05) is 28.1 Å². The lowest BCUT2D eigenvalue weighted by molar-refractivity contribution is 1.07. The fourth-order valence-corrected chi connectivity index (χ4v) is 1.31. The van der Waals surface area contributed by atoms with Crippen LogP contribution in [-0.4, -0.2) is 24.4 Å². The first-order valence-corrected chi connectivity index (χ1v) is 5.72. The Labute approximate surface area is 93.8 Å². The molecule has 0 aliphatic carbocycles. The van der Waals surface area contributed by atoms with Gasteiger partial charge >= 0.3 is 0 Å². The molecule has 1 aromatic heterocycles. The molecule has 0 radical (unpaired) electrons. The van der Waals surface area contributed by atoms with Gasteiger partial charge in [-0.25, -0.2) is 4.98 Å². The molecule has 0 N–H and O–H groups in total. The van der Waals surface area contributed by atoms with Crippen LogP contribution in [0, 0.1) is 0 Å². The number of nitrogens with zero attached hydrogens (tertiary/aromatic N) is 2. The molecular formula is C11H15BrN2. The highest BCUT2D eigenvalue weighted by Crippen LogP contribution is 2.09. The van der Waals surface area contributed by atoms with Gasteiger partial charge in [0.25, 0.3) is 0 Å². The molecule has 14 heavy (non-hydrogen) atoms. The Bertz CT molecular complexity index is 291. The average molecular weight is 255 g/mol. The molecule has 1 heterocycles. The van der Waals surface area contributed by atoms with Crippen LogP contribution in [0.3, 0.4) is 0 Å². The molecule has 1 rings (SSSR count). The van der Waals surface area contributed by atoms with E-state index in [-0.39, 0.29) is 0 Å². The smallest absolute Gasteiger partial charge is 0.127 e. The van der Waals surface area contributed by atoms with Crippen LogP contribution >= 0.6 is 15.9 Å². The normalized spacial score (nSPS) is 10.8. The maximum Gasteiger partial charge on any atom is 0.127 e. The van der Waals surface area contributed by atoms with Crippen LogP contribution in [0.1, 0.15) is 12.0 Å². The molecular weight excluding hydrogens is 240 g/mol. The highest BCUT2D eigenvalue weighted by molar-refractivity contribution is 9.09. The summed E-state index contributed by atoms with van der Waals surface area (Å²) in [4.78, 5) is 6.31. The van der Waals surface area contributed by atoms with Crippen molar-refractivity contribution in [1.29, 1.82) is 0 Å². The van der Waals surface area contributed by atoms with Crippen molar-refractivity contribution in [3.05, 3.63) is 30.0 Å².